The van der Waals surface area contributed by atoms with E-state index in [1.807, 2.05) is 24.0 Å². The predicted octanol–water partition coefficient (Wildman–Crippen LogP) is 7.85. The summed E-state index contributed by atoms with van der Waals surface area (Å²) in [6.07, 6.45) is -2.97. The van der Waals surface area contributed by atoms with Gasteiger partial charge in [0.25, 0.3) is 5.92 Å². The first kappa shape index (κ1) is 26.2. The van der Waals surface area contributed by atoms with Crippen molar-refractivity contribution < 1.29 is 26.7 Å². The standard InChI is InChI=1S/C17H14F3NOS.C8H15F2N/c1-11-14-4-2-3-5-15(14)23-16(11)21-10-12-6-8-13(9-7-12)22-17(18,19)20;1-2-5-11-6-3-4-8(9,10)7-11/h2-9,21H,10H2,1H3;2-7H2,1H3. The number of ether oxygens (including phenoxy) is 1. The van der Waals surface area contributed by atoms with Crippen molar-refractivity contribution in [2.75, 3.05) is 25.0 Å². The molecular formula is C25H29F5N2OS. The average molecular weight is 501 g/mol. The van der Waals surface area contributed by atoms with Crippen LogP contribution >= 0.6 is 11.3 Å². The van der Waals surface area contributed by atoms with Gasteiger partial charge in [-0.15, -0.1) is 24.5 Å². The first-order valence-electron chi connectivity index (χ1n) is 11.2. The van der Waals surface area contributed by atoms with Crippen molar-refractivity contribution in [3.05, 3.63) is 59.7 Å². The van der Waals surface area contributed by atoms with Crippen molar-refractivity contribution in [3.8, 4) is 5.75 Å². The van der Waals surface area contributed by atoms with Gasteiger partial charge in [-0.2, -0.15) is 0 Å². The van der Waals surface area contributed by atoms with Gasteiger partial charge in [0.1, 0.15) is 5.75 Å². The number of fused-ring (bicyclic) bond motifs is 1. The molecule has 1 aliphatic heterocycles. The van der Waals surface area contributed by atoms with Gasteiger partial charge >= 0.3 is 6.36 Å². The van der Waals surface area contributed by atoms with Gasteiger partial charge in [0.2, 0.25) is 0 Å². The Labute approximate surface area is 200 Å². The molecule has 1 aromatic heterocycles. The van der Waals surface area contributed by atoms with Crippen LogP contribution in [0.1, 0.15) is 37.3 Å². The molecule has 1 saturated heterocycles. The SMILES string of the molecule is CCCN1CCCC(F)(F)C1.Cc1c(NCc2ccc(OC(F)(F)F)cc2)sc2ccccc12. The van der Waals surface area contributed by atoms with Crippen molar-refractivity contribution in [1.82, 2.24) is 4.90 Å². The number of thiophene rings is 1. The highest BCUT2D eigenvalue weighted by atomic mass is 32.1. The topological polar surface area (TPSA) is 24.5 Å². The number of nitrogens with one attached hydrogen (secondary N) is 1. The summed E-state index contributed by atoms with van der Waals surface area (Å²) in [4.78, 5) is 1.85. The molecule has 3 aromatic rings. The number of rotatable bonds is 6. The highest BCUT2D eigenvalue weighted by Crippen LogP contribution is 2.35. The summed E-state index contributed by atoms with van der Waals surface area (Å²) in [5, 5.41) is 5.63. The third kappa shape index (κ3) is 7.84. The van der Waals surface area contributed by atoms with Gasteiger partial charge < -0.3 is 10.1 Å². The predicted molar refractivity (Wildman–Crippen MR) is 128 cm³/mol. The molecule has 1 N–H and O–H groups in total. The number of halogens is 5. The van der Waals surface area contributed by atoms with Crippen molar-refractivity contribution in [3.63, 3.8) is 0 Å². The Bertz CT molecular complexity index is 1050. The van der Waals surface area contributed by atoms with Gasteiger partial charge in [0, 0.05) is 17.7 Å². The Morgan fingerprint density at radius 1 is 1.09 bits per heavy atom. The van der Waals surface area contributed by atoms with Crippen LogP contribution in [0.2, 0.25) is 0 Å². The minimum absolute atomic E-state index is 0.0269. The summed E-state index contributed by atoms with van der Waals surface area (Å²) in [5.74, 6) is -2.63. The molecule has 186 valence electrons. The first-order valence-corrected chi connectivity index (χ1v) is 12.0. The second kappa shape index (κ2) is 11.4. The monoisotopic (exact) mass is 500 g/mol. The largest absolute Gasteiger partial charge is 0.573 e. The molecule has 4 rings (SSSR count). The van der Waals surface area contributed by atoms with Crippen molar-refractivity contribution in [2.24, 2.45) is 0 Å². The lowest BCUT2D eigenvalue weighted by atomic mass is 10.1. The fraction of sp³-hybridized carbons (Fsp3) is 0.440. The lowest BCUT2D eigenvalue weighted by Gasteiger charge is -2.31. The number of likely N-dealkylation sites (tertiary alicyclic amines) is 1. The van der Waals surface area contributed by atoms with Gasteiger partial charge in [0.15, 0.2) is 0 Å². The van der Waals surface area contributed by atoms with Crippen LogP contribution in [0, 0.1) is 6.92 Å². The molecule has 2 aromatic carbocycles. The lowest BCUT2D eigenvalue weighted by Crippen LogP contribution is -2.42. The molecule has 9 heteroatoms. The molecule has 3 nitrogen and oxygen atoms in total. The summed E-state index contributed by atoms with van der Waals surface area (Å²) in [5.41, 5.74) is 2.07. The number of anilines is 1. The van der Waals surface area contributed by atoms with E-state index in [1.165, 1.54) is 27.8 Å². The minimum Gasteiger partial charge on any atom is -0.406 e. The van der Waals surface area contributed by atoms with Crippen LogP contribution in [0.3, 0.4) is 0 Å². The maximum atomic E-state index is 12.7. The third-order valence-electron chi connectivity index (χ3n) is 5.47. The van der Waals surface area contributed by atoms with Crippen LogP contribution in [0.4, 0.5) is 27.0 Å². The van der Waals surface area contributed by atoms with Gasteiger partial charge in [-0.3, -0.25) is 4.90 Å². The molecule has 0 aliphatic carbocycles. The van der Waals surface area contributed by atoms with E-state index in [2.05, 4.69) is 29.1 Å². The molecule has 0 spiro atoms. The lowest BCUT2D eigenvalue weighted by molar-refractivity contribution is -0.274. The molecule has 1 aliphatic rings. The number of nitrogens with zero attached hydrogens (tertiary/aromatic N) is 1. The molecule has 2 heterocycles. The summed E-state index contributed by atoms with van der Waals surface area (Å²) < 4.78 is 66.9. The number of alkyl halides is 5. The van der Waals surface area contributed by atoms with Gasteiger partial charge in [0.05, 0.1) is 11.5 Å². The smallest absolute Gasteiger partial charge is 0.406 e. The van der Waals surface area contributed by atoms with Crippen LogP contribution in [0.25, 0.3) is 10.1 Å². The second-order valence-electron chi connectivity index (χ2n) is 8.33. The van der Waals surface area contributed by atoms with Gasteiger partial charge in [-0.25, -0.2) is 8.78 Å². The fourth-order valence-corrected chi connectivity index (χ4v) is 4.99. The molecular weight excluding hydrogens is 471 g/mol. The average Bonchev–Trinajstić information content (AvgIpc) is 3.08. The molecule has 0 bridgehead atoms. The Kier molecular flexibility index (Phi) is 8.76. The third-order valence-corrected chi connectivity index (χ3v) is 6.70. The van der Waals surface area contributed by atoms with Gasteiger partial charge in [-0.1, -0.05) is 37.3 Å². The minimum atomic E-state index is -4.66. The Morgan fingerprint density at radius 3 is 2.41 bits per heavy atom. The number of piperidine rings is 1. The molecule has 0 unspecified atom stereocenters. The molecule has 0 saturated carbocycles. The zero-order valence-corrected chi connectivity index (χ0v) is 20.0. The number of hydrogen-bond acceptors (Lipinski definition) is 4. The van der Waals surface area contributed by atoms with E-state index in [1.54, 1.807) is 23.5 Å². The maximum Gasteiger partial charge on any atom is 0.573 e. The highest BCUT2D eigenvalue weighted by molar-refractivity contribution is 7.23. The number of benzene rings is 2. The number of hydrogen-bond donors (Lipinski definition) is 1. The fourth-order valence-electron chi connectivity index (χ4n) is 3.89. The molecule has 0 radical (unpaired) electrons. The van der Waals surface area contributed by atoms with E-state index in [0.29, 0.717) is 13.0 Å². The number of aryl methyl sites for hydroxylation is 1. The first-order chi connectivity index (χ1) is 16.1. The Hall–Kier alpha value is -2.39. The van der Waals surface area contributed by atoms with Crippen LogP contribution < -0.4 is 10.1 Å². The maximum absolute atomic E-state index is 12.7. The van der Waals surface area contributed by atoms with Crippen molar-refractivity contribution in [2.45, 2.75) is 51.9 Å². The summed E-state index contributed by atoms with van der Waals surface area (Å²) in [6.45, 7) is 6.26. The molecule has 34 heavy (non-hydrogen) atoms. The highest BCUT2D eigenvalue weighted by Gasteiger charge is 2.34. The van der Waals surface area contributed by atoms with E-state index in [-0.39, 0.29) is 18.7 Å². The van der Waals surface area contributed by atoms with E-state index in [0.717, 1.165) is 30.1 Å². The van der Waals surface area contributed by atoms with Crippen LogP contribution in [0.5, 0.6) is 5.75 Å². The zero-order valence-electron chi connectivity index (χ0n) is 19.2. The van der Waals surface area contributed by atoms with E-state index in [4.69, 9.17) is 0 Å². The van der Waals surface area contributed by atoms with Crippen LogP contribution in [0.15, 0.2) is 48.5 Å². The zero-order chi connectivity index (χ0) is 24.8. The summed E-state index contributed by atoms with van der Waals surface area (Å²) in [6, 6.07) is 14.0. The molecule has 0 amide bonds. The van der Waals surface area contributed by atoms with E-state index < -0.39 is 12.3 Å². The van der Waals surface area contributed by atoms with Gasteiger partial charge in [-0.05, 0) is 67.6 Å². The van der Waals surface area contributed by atoms with Crippen molar-refractivity contribution >= 4 is 26.4 Å². The Balaban J connectivity index is 0.000000248. The van der Waals surface area contributed by atoms with Crippen LogP contribution in [-0.2, 0) is 6.54 Å². The Morgan fingerprint density at radius 2 is 1.79 bits per heavy atom. The summed E-state index contributed by atoms with van der Waals surface area (Å²) in [7, 11) is 0. The summed E-state index contributed by atoms with van der Waals surface area (Å²) >= 11 is 1.67. The van der Waals surface area contributed by atoms with Crippen LogP contribution in [-0.4, -0.2) is 36.8 Å². The second-order valence-corrected chi connectivity index (χ2v) is 9.39. The van der Waals surface area contributed by atoms with E-state index >= 15 is 0 Å². The van der Waals surface area contributed by atoms with E-state index in [9.17, 15) is 22.0 Å². The quantitative estimate of drug-likeness (QED) is 0.349. The van der Waals surface area contributed by atoms with Crippen molar-refractivity contribution in [1.29, 1.82) is 0 Å². The molecule has 0 atom stereocenters. The molecule has 1 fully saturated rings. The normalized spacial score (nSPS) is 16.1.